The van der Waals surface area contributed by atoms with Gasteiger partial charge in [-0.15, -0.1) is 0 Å². The van der Waals surface area contributed by atoms with Gasteiger partial charge in [0, 0.05) is 31.3 Å². The van der Waals surface area contributed by atoms with Crippen LogP contribution in [-0.4, -0.2) is 54.5 Å². The molecule has 0 amide bonds. The van der Waals surface area contributed by atoms with E-state index in [1.165, 1.54) is 4.68 Å². The summed E-state index contributed by atoms with van der Waals surface area (Å²) in [6.07, 6.45) is 4.19. The zero-order valence-corrected chi connectivity index (χ0v) is 12.3. The lowest BCUT2D eigenvalue weighted by atomic mass is 10.5. The predicted molar refractivity (Wildman–Crippen MR) is 79.5 cm³/mol. The van der Waals surface area contributed by atoms with E-state index in [9.17, 15) is 0 Å². The average molecular weight is 315 g/mol. The van der Waals surface area contributed by atoms with E-state index in [0.29, 0.717) is 11.9 Å². The number of aliphatic hydroxyl groups excluding tert-OH is 1. The van der Waals surface area contributed by atoms with Crippen molar-refractivity contribution in [3.63, 3.8) is 0 Å². The van der Waals surface area contributed by atoms with E-state index in [4.69, 9.17) is 16.7 Å². The molecule has 0 bridgehead atoms. The highest BCUT2D eigenvalue weighted by molar-refractivity contribution is 7.99. The Morgan fingerprint density at radius 2 is 2.20 bits per heavy atom. The Bertz CT molecular complexity index is 524. The summed E-state index contributed by atoms with van der Waals surface area (Å²) in [5.74, 6) is 2.65. The largest absolute Gasteiger partial charge is 0.396 e. The number of hydrogen-bond donors (Lipinski definition) is 2. The average Bonchev–Trinajstić information content (AvgIpc) is 2.96. The number of anilines is 1. The van der Waals surface area contributed by atoms with E-state index in [2.05, 4.69) is 25.4 Å². The number of thioether (sulfide) groups is 1. The second-order valence-electron chi connectivity index (χ2n) is 3.79. The molecule has 2 heterocycles. The van der Waals surface area contributed by atoms with Gasteiger partial charge < -0.3 is 10.4 Å². The van der Waals surface area contributed by atoms with Crippen LogP contribution in [0.3, 0.4) is 0 Å². The highest BCUT2D eigenvalue weighted by Gasteiger charge is 2.06. The Hall–Kier alpha value is -1.38. The molecule has 2 aromatic heterocycles. The summed E-state index contributed by atoms with van der Waals surface area (Å²) in [6.45, 7) is 0.950. The van der Waals surface area contributed by atoms with E-state index in [1.54, 1.807) is 30.2 Å². The van der Waals surface area contributed by atoms with Crippen molar-refractivity contribution in [1.82, 2.24) is 24.7 Å². The van der Waals surface area contributed by atoms with Crippen LogP contribution >= 0.6 is 23.4 Å². The van der Waals surface area contributed by atoms with E-state index in [0.717, 1.165) is 24.5 Å². The third-order valence-electron chi connectivity index (χ3n) is 2.28. The predicted octanol–water partition coefficient (Wildman–Crippen LogP) is 1.24. The molecule has 2 rings (SSSR count). The number of nitrogens with one attached hydrogen (secondary N) is 1. The van der Waals surface area contributed by atoms with Crippen molar-refractivity contribution < 1.29 is 5.11 Å². The van der Waals surface area contributed by atoms with Crippen molar-refractivity contribution in [1.29, 1.82) is 0 Å². The zero-order chi connectivity index (χ0) is 14.2. The molecule has 0 saturated carbocycles. The van der Waals surface area contributed by atoms with E-state index >= 15 is 0 Å². The van der Waals surface area contributed by atoms with E-state index in [1.807, 2.05) is 0 Å². The summed E-state index contributed by atoms with van der Waals surface area (Å²) in [7, 11) is 0. The number of halogens is 1. The first-order valence-corrected chi connectivity index (χ1v) is 7.67. The standard InChI is InChI=1S/C11H15ClN6OS/c12-9-15-10(13-4-8-20-7-2-6-19)17-11(16-9)18-5-1-3-14-18/h1,3,5,19H,2,4,6-8H2,(H,13,15,16,17). The third kappa shape index (κ3) is 4.62. The molecule has 0 aliphatic rings. The number of aromatic nitrogens is 5. The number of hydrogen-bond acceptors (Lipinski definition) is 7. The fourth-order valence-corrected chi connectivity index (χ4v) is 2.35. The topological polar surface area (TPSA) is 88.8 Å². The van der Waals surface area contributed by atoms with Gasteiger partial charge in [-0.3, -0.25) is 0 Å². The molecule has 2 N–H and O–H groups in total. The second kappa shape index (κ2) is 8.03. The van der Waals surface area contributed by atoms with Crippen molar-refractivity contribution in [3.8, 4) is 5.95 Å². The van der Waals surface area contributed by atoms with Crippen LogP contribution in [0.2, 0.25) is 5.28 Å². The summed E-state index contributed by atoms with van der Waals surface area (Å²) in [5, 5.41) is 15.9. The third-order valence-corrected chi connectivity index (χ3v) is 3.52. The summed E-state index contributed by atoms with van der Waals surface area (Å²) < 4.78 is 1.52. The number of rotatable bonds is 8. The fourth-order valence-electron chi connectivity index (χ4n) is 1.41. The van der Waals surface area contributed by atoms with Gasteiger partial charge in [0.2, 0.25) is 11.2 Å². The van der Waals surface area contributed by atoms with Crippen LogP contribution in [0.4, 0.5) is 5.95 Å². The zero-order valence-electron chi connectivity index (χ0n) is 10.7. The van der Waals surface area contributed by atoms with Gasteiger partial charge in [0.25, 0.3) is 5.95 Å². The monoisotopic (exact) mass is 314 g/mol. The highest BCUT2D eigenvalue weighted by atomic mass is 35.5. The molecule has 7 nitrogen and oxygen atoms in total. The van der Waals surface area contributed by atoms with Crippen molar-refractivity contribution in [2.45, 2.75) is 6.42 Å². The van der Waals surface area contributed by atoms with E-state index < -0.39 is 0 Å². The minimum absolute atomic E-state index is 0.126. The normalized spacial score (nSPS) is 10.7. The Labute approximate surface area is 125 Å². The van der Waals surface area contributed by atoms with Crippen molar-refractivity contribution in [2.75, 3.05) is 30.0 Å². The van der Waals surface area contributed by atoms with Gasteiger partial charge in [-0.05, 0) is 29.8 Å². The fraction of sp³-hybridized carbons (Fsp3) is 0.455. The first-order valence-electron chi connectivity index (χ1n) is 6.13. The van der Waals surface area contributed by atoms with Crippen LogP contribution in [0.25, 0.3) is 5.95 Å². The molecule has 0 unspecified atom stereocenters. The minimum Gasteiger partial charge on any atom is -0.396 e. The quantitative estimate of drug-likeness (QED) is 0.708. The van der Waals surface area contributed by atoms with Gasteiger partial charge in [0.15, 0.2) is 0 Å². The van der Waals surface area contributed by atoms with Crippen molar-refractivity contribution >= 4 is 29.3 Å². The van der Waals surface area contributed by atoms with Crippen molar-refractivity contribution in [3.05, 3.63) is 23.7 Å². The van der Waals surface area contributed by atoms with Crippen LogP contribution in [0.1, 0.15) is 6.42 Å². The molecule has 0 atom stereocenters. The summed E-state index contributed by atoms with van der Waals surface area (Å²) in [4.78, 5) is 12.3. The molecule has 0 spiro atoms. The lowest BCUT2D eigenvalue weighted by Gasteiger charge is -2.06. The maximum atomic E-state index is 8.67. The Morgan fingerprint density at radius 1 is 1.30 bits per heavy atom. The van der Waals surface area contributed by atoms with Gasteiger partial charge in [0.1, 0.15) is 0 Å². The first kappa shape index (κ1) is 15.0. The molecular weight excluding hydrogens is 300 g/mol. The first-order chi connectivity index (χ1) is 9.79. The lowest BCUT2D eigenvalue weighted by Crippen LogP contribution is -2.11. The lowest BCUT2D eigenvalue weighted by molar-refractivity contribution is 0.296. The van der Waals surface area contributed by atoms with Gasteiger partial charge in [-0.25, -0.2) is 4.68 Å². The SMILES string of the molecule is OCCCSCCNc1nc(Cl)nc(-n2cccn2)n1. The molecule has 2 aromatic rings. The van der Waals surface area contributed by atoms with Gasteiger partial charge in [-0.1, -0.05) is 0 Å². The Balaban J connectivity index is 1.88. The van der Waals surface area contributed by atoms with Crippen LogP contribution in [0.5, 0.6) is 0 Å². The number of aliphatic hydroxyl groups is 1. The summed E-state index contributed by atoms with van der Waals surface area (Å²) in [6, 6.07) is 1.78. The molecule has 0 saturated heterocycles. The molecular formula is C11H15ClN6OS. The second-order valence-corrected chi connectivity index (χ2v) is 5.36. The summed E-state index contributed by atoms with van der Waals surface area (Å²) in [5.41, 5.74) is 0. The van der Waals surface area contributed by atoms with Gasteiger partial charge in [-0.2, -0.15) is 31.8 Å². The van der Waals surface area contributed by atoms with Crippen LogP contribution < -0.4 is 5.32 Å². The molecule has 108 valence electrons. The van der Waals surface area contributed by atoms with Gasteiger partial charge >= 0.3 is 0 Å². The van der Waals surface area contributed by atoms with E-state index in [-0.39, 0.29) is 11.9 Å². The molecule has 0 aliphatic carbocycles. The Kier molecular flexibility index (Phi) is 6.03. The minimum atomic E-state index is 0.126. The highest BCUT2D eigenvalue weighted by Crippen LogP contribution is 2.09. The molecule has 9 heteroatoms. The molecule has 0 fully saturated rings. The smallest absolute Gasteiger partial charge is 0.256 e. The van der Waals surface area contributed by atoms with Crippen LogP contribution in [0.15, 0.2) is 18.5 Å². The maximum absolute atomic E-state index is 8.67. The number of nitrogens with zero attached hydrogens (tertiary/aromatic N) is 5. The molecule has 0 radical (unpaired) electrons. The molecule has 0 aromatic carbocycles. The summed E-state index contributed by atoms with van der Waals surface area (Å²) >= 11 is 7.63. The maximum Gasteiger partial charge on any atom is 0.256 e. The van der Waals surface area contributed by atoms with Gasteiger partial charge in [0.05, 0.1) is 0 Å². The molecule has 0 aliphatic heterocycles. The van der Waals surface area contributed by atoms with Crippen LogP contribution in [-0.2, 0) is 0 Å². The molecule has 20 heavy (non-hydrogen) atoms. The van der Waals surface area contributed by atoms with Crippen molar-refractivity contribution in [2.24, 2.45) is 0 Å². The Morgan fingerprint density at radius 3 is 2.95 bits per heavy atom. The van der Waals surface area contributed by atoms with Crippen LogP contribution in [0, 0.1) is 0 Å².